The van der Waals surface area contributed by atoms with Crippen molar-refractivity contribution in [2.45, 2.75) is 6.92 Å². The van der Waals surface area contributed by atoms with E-state index in [1.165, 1.54) is 0 Å². The second kappa shape index (κ2) is 4.74. The van der Waals surface area contributed by atoms with Crippen LogP contribution in [0.25, 0.3) is 10.8 Å². The van der Waals surface area contributed by atoms with Crippen LogP contribution in [-0.4, -0.2) is 10.1 Å². The van der Waals surface area contributed by atoms with Gasteiger partial charge >= 0.3 is 0 Å². The molecule has 0 saturated carbocycles. The minimum absolute atomic E-state index is 0.180. The first-order chi connectivity index (χ1) is 9.65. The SMILES string of the molecule is Cc1c(N)cccc1Oc1nccc2ccc(O)cc12. The van der Waals surface area contributed by atoms with E-state index in [2.05, 4.69) is 4.98 Å². The molecule has 1 aromatic heterocycles. The predicted octanol–water partition coefficient (Wildman–Crippen LogP) is 3.62. The van der Waals surface area contributed by atoms with Gasteiger partial charge in [0.25, 0.3) is 0 Å². The molecule has 0 spiro atoms. The topological polar surface area (TPSA) is 68.4 Å². The highest BCUT2D eigenvalue weighted by Gasteiger charge is 2.09. The Morgan fingerprint density at radius 3 is 2.85 bits per heavy atom. The number of ether oxygens (including phenoxy) is 1. The van der Waals surface area contributed by atoms with Crippen molar-refractivity contribution < 1.29 is 9.84 Å². The Labute approximate surface area is 116 Å². The van der Waals surface area contributed by atoms with Crippen molar-refractivity contribution in [2.24, 2.45) is 0 Å². The van der Waals surface area contributed by atoms with Crippen LogP contribution in [0.2, 0.25) is 0 Å². The third kappa shape index (κ3) is 2.12. The number of anilines is 1. The van der Waals surface area contributed by atoms with E-state index >= 15 is 0 Å². The van der Waals surface area contributed by atoms with Crippen LogP contribution >= 0.6 is 0 Å². The molecule has 0 aliphatic rings. The van der Waals surface area contributed by atoms with Crippen LogP contribution in [0.3, 0.4) is 0 Å². The van der Waals surface area contributed by atoms with Crippen molar-refractivity contribution in [3.8, 4) is 17.4 Å². The number of nitrogens with two attached hydrogens (primary N) is 1. The van der Waals surface area contributed by atoms with Crippen LogP contribution < -0.4 is 10.5 Å². The molecule has 3 rings (SSSR count). The molecule has 4 nitrogen and oxygen atoms in total. The molecular formula is C16H14N2O2. The average Bonchev–Trinajstić information content (AvgIpc) is 2.44. The Hall–Kier alpha value is -2.75. The summed E-state index contributed by atoms with van der Waals surface area (Å²) in [6.07, 6.45) is 1.68. The smallest absolute Gasteiger partial charge is 0.227 e. The second-order valence-electron chi connectivity index (χ2n) is 4.59. The van der Waals surface area contributed by atoms with Gasteiger partial charge in [-0.15, -0.1) is 0 Å². The van der Waals surface area contributed by atoms with Gasteiger partial charge in [0.2, 0.25) is 5.88 Å². The number of nitrogens with zero attached hydrogens (tertiary/aromatic N) is 1. The first-order valence-electron chi connectivity index (χ1n) is 6.26. The van der Waals surface area contributed by atoms with Gasteiger partial charge in [-0.25, -0.2) is 4.98 Å². The Balaban J connectivity index is 2.11. The molecule has 4 heteroatoms. The number of aromatic hydroxyl groups is 1. The number of pyridine rings is 1. The number of aromatic nitrogens is 1. The van der Waals surface area contributed by atoms with Gasteiger partial charge in [0, 0.05) is 22.8 Å². The van der Waals surface area contributed by atoms with Crippen molar-refractivity contribution in [2.75, 3.05) is 5.73 Å². The minimum atomic E-state index is 0.180. The number of hydrogen-bond acceptors (Lipinski definition) is 4. The molecule has 0 bridgehead atoms. The summed E-state index contributed by atoms with van der Waals surface area (Å²) in [7, 11) is 0. The molecule has 0 radical (unpaired) electrons. The summed E-state index contributed by atoms with van der Waals surface area (Å²) in [5, 5.41) is 11.3. The third-order valence-electron chi connectivity index (χ3n) is 3.25. The van der Waals surface area contributed by atoms with E-state index in [1.807, 2.05) is 37.3 Å². The van der Waals surface area contributed by atoms with Crippen molar-refractivity contribution >= 4 is 16.5 Å². The number of phenols is 1. The minimum Gasteiger partial charge on any atom is -0.508 e. The lowest BCUT2D eigenvalue weighted by Gasteiger charge is -2.11. The molecule has 3 N–H and O–H groups in total. The molecule has 20 heavy (non-hydrogen) atoms. The standard InChI is InChI=1S/C16H14N2O2/c1-10-14(17)3-2-4-15(10)20-16-13-9-12(19)6-5-11(13)7-8-18-16/h2-9,19H,17H2,1H3. The van der Waals surface area contributed by atoms with Gasteiger partial charge in [0.1, 0.15) is 11.5 Å². The summed E-state index contributed by atoms with van der Waals surface area (Å²) in [5.41, 5.74) is 7.41. The maximum absolute atomic E-state index is 9.62. The molecule has 0 fully saturated rings. The Kier molecular flexibility index (Phi) is 2.91. The largest absolute Gasteiger partial charge is 0.508 e. The molecule has 0 unspecified atom stereocenters. The Bertz CT molecular complexity index is 785. The number of hydrogen-bond donors (Lipinski definition) is 2. The van der Waals surface area contributed by atoms with Gasteiger partial charge < -0.3 is 15.6 Å². The van der Waals surface area contributed by atoms with Crippen molar-refractivity contribution in [3.63, 3.8) is 0 Å². The number of phenolic OH excluding ortho intramolecular Hbond substituents is 1. The lowest BCUT2D eigenvalue weighted by Crippen LogP contribution is -1.95. The highest BCUT2D eigenvalue weighted by atomic mass is 16.5. The predicted molar refractivity (Wildman–Crippen MR) is 79.1 cm³/mol. The van der Waals surface area contributed by atoms with E-state index in [0.717, 1.165) is 16.3 Å². The number of nitrogen functional groups attached to an aromatic ring is 1. The zero-order chi connectivity index (χ0) is 14.1. The van der Waals surface area contributed by atoms with Crippen LogP contribution in [0, 0.1) is 6.92 Å². The van der Waals surface area contributed by atoms with Crippen molar-refractivity contribution in [1.82, 2.24) is 4.98 Å². The number of rotatable bonds is 2. The van der Waals surface area contributed by atoms with E-state index < -0.39 is 0 Å². The normalized spacial score (nSPS) is 10.7. The second-order valence-corrected chi connectivity index (χ2v) is 4.59. The average molecular weight is 266 g/mol. The third-order valence-corrected chi connectivity index (χ3v) is 3.25. The van der Waals surface area contributed by atoms with Gasteiger partial charge in [-0.1, -0.05) is 12.1 Å². The van der Waals surface area contributed by atoms with Crippen LogP contribution in [0.15, 0.2) is 48.7 Å². The fourth-order valence-corrected chi connectivity index (χ4v) is 2.06. The highest BCUT2D eigenvalue weighted by Crippen LogP contribution is 2.32. The van der Waals surface area contributed by atoms with Crippen LogP contribution in [0.5, 0.6) is 17.4 Å². The lowest BCUT2D eigenvalue weighted by molar-refractivity contribution is 0.463. The highest BCUT2D eigenvalue weighted by molar-refractivity contribution is 5.88. The van der Waals surface area contributed by atoms with Crippen LogP contribution in [0.4, 0.5) is 5.69 Å². The zero-order valence-corrected chi connectivity index (χ0v) is 11.0. The number of fused-ring (bicyclic) bond motifs is 1. The summed E-state index contributed by atoms with van der Waals surface area (Å²) in [4.78, 5) is 4.24. The fraction of sp³-hybridized carbons (Fsp3) is 0.0625. The van der Waals surface area contributed by atoms with Crippen molar-refractivity contribution in [1.29, 1.82) is 0 Å². The first-order valence-corrected chi connectivity index (χ1v) is 6.26. The summed E-state index contributed by atoms with van der Waals surface area (Å²) in [6.45, 7) is 1.90. The molecule has 3 aromatic rings. The molecule has 0 saturated heterocycles. The van der Waals surface area contributed by atoms with Crippen LogP contribution in [-0.2, 0) is 0 Å². The molecule has 2 aromatic carbocycles. The Morgan fingerprint density at radius 1 is 1.15 bits per heavy atom. The van der Waals surface area contributed by atoms with Gasteiger partial charge in [-0.2, -0.15) is 0 Å². The van der Waals surface area contributed by atoms with Gasteiger partial charge in [-0.3, -0.25) is 0 Å². The molecule has 0 amide bonds. The molecule has 0 atom stereocenters. The molecule has 0 aliphatic carbocycles. The van der Waals surface area contributed by atoms with Crippen molar-refractivity contribution in [3.05, 3.63) is 54.2 Å². The van der Waals surface area contributed by atoms with E-state index in [0.29, 0.717) is 17.3 Å². The molecule has 0 aliphatic heterocycles. The summed E-state index contributed by atoms with van der Waals surface area (Å²) in [6, 6.07) is 12.5. The quantitative estimate of drug-likeness (QED) is 0.695. The lowest BCUT2D eigenvalue weighted by atomic mass is 10.1. The van der Waals surface area contributed by atoms with E-state index in [-0.39, 0.29) is 5.75 Å². The molecule has 100 valence electrons. The maximum Gasteiger partial charge on any atom is 0.227 e. The van der Waals surface area contributed by atoms with Gasteiger partial charge in [0.05, 0.1) is 0 Å². The van der Waals surface area contributed by atoms with E-state index in [1.54, 1.807) is 18.3 Å². The van der Waals surface area contributed by atoms with Crippen LogP contribution in [0.1, 0.15) is 5.56 Å². The number of benzene rings is 2. The fourth-order valence-electron chi connectivity index (χ4n) is 2.06. The Morgan fingerprint density at radius 2 is 2.00 bits per heavy atom. The first kappa shape index (κ1) is 12.3. The van der Waals surface area contributed by atoms with Gasteiger partial charge in [0.15, 0.2) is 0 Å². The molecule has 1 heterocycles. The zero-order valence-electron chi connectivity index (χ0n) is 11.0. The van der Waals surface area contributed by atoms with E-state index in [4.69, 9.17) is 10.5 Å². The summed E-state index contributed by atoms with van der Waals surface area (Å²) >= 11 is 0. The summed E-state index contributed by atoms with van der Waals surface area (Å²) < 4.78 is 5.86. The molecular weight excluding hydrogens is 252 g/mol. The van der Waals surface area contributed by atoms with E-state index in [9.17, 15) is 5.11 Å². The summed E-state index contributed by atoms with van der Waals surface area (Å²) in [5.74, 6) is 1.29. The monoisotopic (exact) mass is 266 g/mol. The maximum atomic E-state index is 9.62. The van der Waals surface area contributed by atoms with Gasteiger partial charge in [-0.05, 0) is 42.6 Å².